The molecule has 0 spiro atoms. The SMILES string of the molecule is Ic1ncccc1OC1CC1. The monoisotopic (exact) mass is 261 g/mol. The summed E-state index contributed by atoms with van der Waals surface area (Å²) in [6.45, 7) is 0. The first-order valence-corrected chi connectivity index (χ1v) is 4.71. The molecule has 1 saturated carbocycles. The molecule has 58 valence electrons. The first-order valence-electron chi connectivity index (χ1n) is 3.63. The van der Waals surface area contributed by atoms with Crippen LogP contribution in [0.2, 0.25) is 0 Å². The van der Waals surface area contributed by atoms with Gasteiger partial charge in [0.25, 0.3) is 0 Å². The summed E-state index contributed by atoms with van der Waals surface area (Å²) in [4.78, 5) is 4.12. The summed E-state index contributed by atoms with van der Waals surface area (Å²) in [6.07, 6.45) is 4.64. The van der Waals surface area contributed by atoms with Crippen LogP contribution in [0.5, 0.6) is 5.75 Å². The molecule has 1 heterocycles. The molecule has 0 radical (unpaired) electrons. The van der Waals surface area contributed by atoms with Crippen molar-refractivity contribution in [2.24, 2.45) is 0 Å². The van der Waals surface area contributed by atoms with Crippen molar-refractivity contribution < 1.29 is 4.74 Å². The number of pyridine rings is 1. The Morgan fingerprint density at radius 2 is 2.36 bits per heavy atom. The molecule has 1 fully saturated rings. The van der Waals surface area contributed by atoms with Crippen LogP contribution in [0.25, 0.3) is 0 Å². The van der Waals surface area contributed by atoms with Crippen LogP contribution in [-0.2, 0) is 0 Å². The van der Waals surface area contributed by atoms with Gasteiger partial charge in [0.1, 0.15) is 3.70 Å². The fourth-order valence-corrected chi connectivity index (χ4v) is 1.29. The zero-order chi connectivity index (χ0) is 7.68. The molecule has 0 saturated heterocycles. The van der Waals surface area contributed by atoms with Gasteiger partial charge in [0.05, 0.1) is 6.10 Å². The first-order chi connectivity index (χ1) is 5.36. The summed E-state index contributed by atoms with van der Waals surface area (Å²) in [5.74, 6) is 0.926. The van der Waals surface area contributed by atoms with E-state index in [0.29, 0.717) is 6.10 Å². The topological polar surface area (TPSA) is 22.1 Å². The quantitative estimate of drug-likeness (QED) is 0.601. The Morgan fingerprint density at radius 1 is 1.55 bits per heavy atom. The molecule has 1 aromatic rings. The summed E-state index contributed by atoms with van der Waals surface area (Å²) >= 11 is 2.19. The Labute approximate surface area is 79.1 Å². The fourth-order valence-electron chi connectivity index (χ4n) is 0.825. The highest BCUT2D eigenvalue weighted by Crippen LogP contribution is 2.28. The average Bonchev–Trinajstić information content (AvgIpc) is 2.78. The number of rotatable bonds is 2. The second kappa shape index (κ2) is 2.97. The molecule has 0 N–H and O–H groups in total. The van der Waals surface area contributed by atoms with E-state index < -0.39 is 0 Å². The van der Waals surface area contributed by atoms with E-state index in [-0.39, 0.29) is 0 Å². The van der Waals surface area contributed by atoms with Gasteiger partial charge in [0.15, 0.2) is 5.75 Å². The van der Waals surface area contributed by atoms with E-state index in [0.717, 1.165) is 9.45 Å². The van der Waals surface area contributed by atoms with Gasteiger partial charge < -0.3 is 4.74 Å². The van der Waals surface area contributed by atoms with Crippen LogP contribution in [0.4, 0.5) is 0 Å². The number of aromatic nitrogens is 1. The number of hydrogen-bond acceptors (Lipinski definition) is 2. The molecule has 2 nitrogen and oxygen atoms in total. The molecule has 1 aliphatic rings. The fraction of sp³-hybridized carbons (Fsp3) is 0.375. The van der Waals surface area contributed by atoms with Crippen molar-refractivity contribution >= 4 is 22.6 Å². The molecule has 3 heteroatoms. The van der Waals surface area contributed by atoms with E-state index in [1.54, 1.807) is 6.20 Å². The second-order valence-corrected chi connectivity index (χ2v) is 3.63. The second-order valence-electron chi connectivity index (χ2n) is 2.61. The summed E-state index contributed by atoms with van der Waals surface area (Å²) in [7, 11) is 0. The Kier molecular flexibility index (Phi) is 1.98. The lowest BCUT2D eigenvalue weighted by atomic mass is 10.5. The lowest BCUT2D eigenvalue weighted by Crippen LogP contribution is -1.98. The maximum Gasteiger partial charge on any atom is 0.151 e. The van der Waals surface area contributed by atoms with Gasteiger partial charge in [-0.3, -0.25) is 0 Å². The Morgan fingerprint density at radius 3 is 3.00 bits per heavy atom. The molecule has 0 aromatic carbocycles. The smallest absolute Gasteiger partial charge is 0.151 e. The van der Waals surface area contributed by atoms with Crippen molar-refractivity contribution in [3.8, 4) is 5.75 Å². The third-order valence-electron chi connectivity index (χ3n) is 1.54. The predicted molar refractivity (Wildman–Crippen MR) is 50.6 cm³/mol. The predicted octanol–water partition coefficient (Wildman–Crippen LogP) is 2.23. The lowest BCUT2D eigenvalue weighted by molar-refractivity contribution is 0.299. The zero-order valence-corrected chi connectivity index (χ0v) is 8.11. The highest BCUT2D eigenvalue weighted by Gasteiger charge is 2.24. The third kappa shape index (κ3) is 1.83. The summed E-state index contributed by atoms with van der Waals surface area (Å²) < 4.78 is 6.54. The van der Waals surface area contributed by atoms with Crippen molar-refractivity contribution in [3.63, 3.8) is 0 Å². The van der Waals surface area contributed by atoms with Crippen molar-refractivity contribution in [2.45, 2.75) is 18.9 Å². The minimum atomic E-state index is 0.465. The summed E-state index contributed by atoms with van der Waals surface area (Å²) in [6, 6.07) is 3.87. The molecule has 0 amide bonds. The normalized spacial score (nSPS) is 16.5. The van der Waals surface area contributed by atoms with Crippen LogP contribution >= 0.6 is 22.6 Å². The molecule has 0 bridgehead atoms. The van der Waals surface area contributed by atoms with Crippen LogP contribution < -0.4 is 4.74 Å². The van der Waals surface area contributed by atoms with E-state index in [1.165, 1.54) is 12.8 Å². The van der Waals surface area contributed by atoms with Crippen LogP contribution in [0.15, 0.2) is 18.3 Å². The lowest BCUT2D eigenvalue weighted by Gasteiger charge is -2.03. The number of ether oxygens (including phenoxy) is 1. The van der Waals surface area contributed by atoms with Crippen molar-refractivity contribution in [1.29, 1.82) is 0 Å². The van der Waals surface area contributed by atoms with Crippen LogP contribution in [0, 0.1) is 3.70 Å². The van der Waals surface area contributed by atoms with Gasteiger partial charge in [0, 0.05) is 6.20 Å². The number of halogens is 1. The third-order valence-corrected chi connectivity index (χ3v) is 2.35. The van der Waals surface area contributed by atoms with Gasteiger partial charge in [-0.1, -0.05) is 0 Å². The minimum Gasteiger partial charge on any atom is -0.488 e. The Bertz CT molecular complexity index is 260. The van der Waals surface area contributed by atoms with Gasteiger partial charge in [-0.05, 0) is 47.6 Å². The van der Waals surface area contributed by atoms with Crippen molar-refractivity contribution in [1.82, 2.24) is 4.98 Å². The van der Waals surface area contributed by atoms with E-state index in [4.69, 9.17) is 4.74 Å². The van der Waals surface area contributed by atoms with Gasteiger partial charge in [-0.2, -0.15) is 0 Å². The van der Waals surface area contributed by atoms with E-state index in [9.17, 15) is 0 Å². The van der Waals surface area contributed by atoms with Gasteiger partial charge in [-0.15, -0.1) is 0 Å². The highest BCUT2D eigenvalue weighted by molar-refractivity contribution is 14.1. The maximum absolute atomic E-state index is 5.59. The molecular weight excluding hydrogens is 253 g/mol. The molecule has 1 aliphatic carbocycles. The van der Waals surface area contributed by atoms with Gasteiger partial charge in [0.2, 0.25) is 0 Å². The molecule has 0 atom stereocenters. The highest BCUT2D eigenvalue weighted by atomic mass is 127. The maximum atomic E-state index is 5.59. The van der Waals surface area contributed by atoms with E-state index in [2.05, 4.69) is 27.6 Å². The van der Waals surface area contributed by atoms with E-state index in [1.807, 2.05) is 12.1 Å². The average molecular weight is 261 g/mol. The Balaban J connectivity index is 2.15. The molecule has 0 unspecified atom stereocenters. The minimum absolute atomic E-state index is 0.465. The largest absolute Gasteiger partial charge is 0.488 e. The standard InChI is InChI=1S/C8H8INO/c9-8-7(2-1-5-10-8)11-6-3-4-6/h1-2,5-6H,3-4H2. The molecule has 2 rings (SSSR count). The van der Waals surface area contributed by atoms with Crippen molar-refractivity contribution in [2.75, 3.05) is 0 Å². The Hall–Kier alpha value is -0.320. The van der Waals surface area contributed by atoms with Crippen LogP contribution in [0.3, 0.4) is 0 Å². The van der Waals surface area contributed by atoms with Gasteiger partial charge >= 0.3 is 0 Å². The molecular formula is C8H8INO. The summed E-state index contributed by atoms with van der Waals surface area (Å²) in [5.41, 5.74) is 0. The van der Waals surface area contributed by atoms with Crippen molar-refractivity contribution in [3.05, 3.63) is 22.0 Å². The van der Waals surface area contributed by atoms with Crippen LogP contribution in [-0.4, -0.2) is 11.1 Å². The van der Waals surface area contributed by atoms with Crippen LogP contribution in [0.1, 0.15) is 12.8 Å². The zero-order valence-electron chi connectivity index (χ0n) is 5.96. The molecule has 1 aromatic heterocycles. The number of hydrogen-bond donors (Lipinski definition) is 0. The molecule has 11 heavy (non-hydrogen) atoms. The summed E-state index contributed by atoms with van der Waals surface area (Å²) in [5, 5.41) is 0. The number of nitrogens with zero attached hydrogens (tertiary/aromatic N) is 1. The van der Waals surface area contributed by atoms with Gasteiger partial charge in [-0.25, -0.2) is 4.98 Å². The molecule has 0 aliphatic heterocycles. The first kappa shape index (κ1) is 7.34. The van der Waals surface area contributed by atoms with E-state index >= 15 is 0 Å².